The Kier molecular flexibility index (Phi) is 5.22. The summed E-state index contributed by atoms with van der Waals surface area (Å²) in [6, 6.07) is 10.3. The van der Waals surface area contributed by atoms with Crippen LogP contribution in [0.15, 0.2) is 30.3 Å². The first-order valence-corrected chi connectivity index (χ1v) is 9.36. The molecule has 0 aliphatic carbocycles. The smallest absolute Gasteiger partial charge is 0.317 e. The van der Waals surface area contributed by atoms with Crippen molar-refractivity contribution in [3.05, 3.63) is 41.7 Å². The van der Waals surface area contributed by atoms with Gasteiger partial charge in [0, 0.05) is 49.7 Å². The fourth-order valence-electron chi connectivity index (χ4n) is 2.72. The van der Waals surface area contributed by atoms with Crippen LogP contribution in [0.3, 0.4) is 0 Å². The molecular formula is C18H25N5OS. The molecule has 7 heteroatoms. The summed E-state index contributed by atoms with van der Waals surface area (Å²) in [6.07, 6.45) is 0.755. The average molecular weight is 359 g/mol. The van der Waals surface area contributed by atoms with Crippen LogP contribution < -0.4 is 10.2 Å². The number of piperazine rings is 1. The zero-order valence-corrected chi connectivity index (χ0v) is 15.8. The number of rotatable bonds is 3. The van der Waals surface area contributed by atoms with Crippen molar-refractivity contribution < 1.29 is 4.79 Å². The molecule has 0 unspecified atom stereocenters. The summed E-state index contributed by atoms with van der Waals surface area (Å²) in [5.41, 5.74) is 1.01. The predicted octanol–water partition coefficient (Wildman–Crippen LogP) is 2.76. The molecule has 2 aromatic rings. The number of carbonyl (C=O) groups excluding carboxylic acids is 1. The van der Waals surface area contributed by atoms with Gasteiger partial charge in [0.2, 0.25) is 5.13 Å². The second-order valence-electron chi connectivity index (χ2n) is 7.31. The number of anilines is 1. The summed E-state index contributed by atoms with van der Waals surface area (Å²) in [6.45, 7) is 8.98. The minimum Gasteiger partial charge on any atom is -0.343 e. The number of hydrogen-bond donors (Lipinski definition) is 1. The Morgan fingerprint density at radius 3 is 2.48 bits per heavy atom. The van der Waals surface area contributed by atoms with Crippen LogP contribution in [0.5, 0.6) is 0 Å². The molecule has 1 saturated heterocycles. The first-order valence-electron chi connectivity index (χ1n) is 8.59. The van der Waals surface area contributed by atoms with Crippen LogP contribution in [0.1, 0.15) is 32.2 Å². The molecule has 1 aromatic carbocycles. The van der Waals surface area contributed by atoms with E-state index in [0.717, 1.165) is 30.5 Å². The van der Waals surface area contributed by atoms with Crippen LogP contribution in [0.25, 0.3) is 0 Å². The largest absolute Gasteiger partial charge is 0.343 e. The molecule has 0 spiro atoms. The maximum atomic E-state index is 12.2. The second kappa shape index (κ2) is 7.39. The van der Waals surface area contributed by atoms with E-state index in [9.17, 15) is 4.79 Å². The average Bonchev–Trinajstić information content (AvgIpc) is 3.03. The van der Waals surface area contributed by atoms with Crippen molar-refractivity contribution in [3.8, 4) is 0 Å². The molecule has 2 heterocycles. The molecule has 1 fully saturated rings. The number of amides is 2. The van der Waals surface area contributed by atoms with Gasteiger partial charge in [-0.25, -0.2) is 9.78 Å². The van der Waals surface area contributed by atoms with Gasteiger partial charge in [0.15, 0.2) is 0 Å². The van der Waals surface area contributed by atoms with Crippen molar-refractivity contribution in [1.82, 2.24) is 19.6 Å². The normalized spacial score (nSPS) is 15.3. The number of carbonyl (C=O) groups is 1. The van der Waals surface area contributed by atoms with Crippen molar-refractivity contribution >= 4 is 22.7 Å². The van der Waals surface area contributed by atoms with E-state index in [4.69, 9.17) is 0 Å². The molecule has 6 nitrogen and oxygen atoms in total. The number of hydrogen-bond acceptors (Lipinski definition) is 5. The van der Waals surface area contributed by atoms with Gasteiger partial charge in [-0.05, 0) is 26.3 Å². The summed E-state index contributed by atoms with van der Waals surface area (Å²) in [4.78, 5) is 21.0. The van der Waals surface area contributed by atoms with Crippen molar-refractivity contribution in [3.63, 3.8) is 0 Å². The molecule has 2 amide bonds. The fourth-order valence-corrected chi connectivity index (χ4v) is 3.46. The van der Waals surface area contributed by atoms with Crippen LogP contribution in [-0.2, 0) is 6.42 Å². The topological polar surface area (TPSA) is 61.4 Å². The van der Waals surface area contributed by atoms with Gasteiger partial charge < -0.3 is 15.1 Å². The lowest BCUT2D eigenvalue weighted by atomic mass is 10.1. The van der Waals surface area contributed by atoms with Crippen molar-refractivity contribution in [1.29, 1.82) is 0 Å². The lowest BCUT2D eigenvalue weighted by Crippen LogP contribution is -2.55. The monoisotopic (exact) mass is 359 g/mol. The van der Waals surface area contributed by atoms with E-state index in [1.807, 2.05) is 43.9 Å². The van der Waals surface area contributed by atoms with E-state index in [2.05, 4.69) is 31.7 Å². The van der Waals surface area contributed by atoms with Crippen LogP contribution >= 0.6 is 11.5 Å². The zero-order valence-electron chi connectivity index (χ0n) is 15.0. The lowest BCUT2D eigenvalue weighted by Gasteiger charge is -2.36. The molecule has 1 aliphatic heterocycles. The SMILES string of the molecule is CC(C)(C)NC(=O)N1CCN(c2nc(Cc3ccccc3)ns2)CC1. The highest BCUT2D eigenvalue weighted by molar-refractivity contribution is 7.09. The highest BCUT2D eigenvalue weighted by atomic mass is 32.1. The molecule has 1 aromatic heterocycles. The third kappa shape index (κ3) is 4.92. The molecule has 1 N–H and O–H groups in total. The summed E-state index contributed by atoms with van der Waals surface area (Å²) in [5.74, 6) is 0.860. The van der Waals surface area contributed by atoms with E-state index in [-0.39, 0.29) is 11.6 Å². The van der Waals surface area contributed by atoms with E-state index in [0.29, 0.717) is 13.1 Å². The molecule has 1 aliphatic rings. The summed E-state index contributed by atoms with van der Waals surface area (Å²) in [7, 11) is 0. The summed E-state index contributed by atoms with van der Waals surface area (Å²) >= 11 is 1.44. The molecule has 0 saturated carbocycles. The minimum atomic E-state index is -0.209. The Labute approximate surface area is 153 Å². The Bertz CT molecular complexity index is 702. The molecule has 25 heavy (non-hydrogen) atoms. The van der Waals surface area contributed by atoms with Crippen molar-refractivity contribution in [2.45, 2.75) is 32.7 Å². The lowest BCUT2D eigenvalue weighted by molar-refractivity contribution is 0.185. The van der Waals surface area contributed by atoms with Crippen molar-refractivity contribution in [2.24, 2.45) is 0 Å². The third-order valence-electron chi connectivity index (χ3n) is 3.98. The van der Waals surface area contributed by atoms with Gasteiger partial charge in [-0.3, -0.25) is 0 Å². The molecule has 0 bridgehead atoms. The molecule has 0 atom stereocenters. The number of urea groups is 1. The van der Waals surface area contributed by atoms with E-state index < -0.39 is 0 Å². The first-order chi connectivity index (χ1) is 11.9. The van der Waals surface area contributed by atoms with Gasteiger partial charge in [0.1, 0.15) is 5.82 Å². The highest BCUT2D eigenvalue weighted by Crippen LogP contribution is 2.20. The maximum absolute atomic E-state index is 12.2. The van der Waals surface area contributed by atoms with E-state index in [1.54, 1.807) is 0 Å². The Hall–Kier alpha value is -2.15. The van der Waals surface area contributed by atoms with Crippen LogP contribution in [0, 0.1) is 0 Å². The number of benzene rings is 1. The van der Waals surface area contributed by atoms with Gasteiger partial charge in [0.05, 0.1) is 0 Å². The van der Waals surface area contributed by atoms with E-state index >= 15 is 0 Å². The highest BCUT2D eigenvalue weighted by Gasteiger charge is 2.25. The molecular weight excluding hydrogens is 334 g/mol. The van der Waals surface area contributed by atoms with Crippen LogP contribution in [0.2, 0.25) is 0 Å². The van der Waals surface area contributed by atoms with Crippen molar-refractivity contribution in [2.75, 3.05) is 31.1 Å². The van der Waals surface area contributed by atoms with Gasteiger partial charge >= 0.3 is 6.03 Å². The standard InChI is InChI=1S/C18H25N5OS/c1-18(2,3)20-16(24)22-9-11-23(12-10-22)17-19-15(21-25-17)13-14-7-5-4-6-8-14/h4-8H,9-13H2,1-3H3,(H,20,24). The summed E-state index contributed by atoms with van der Waals surface area (Å²) < 4.78 is 4.49. The Morgan fingerprint density at radius 1 is 1.16 bits per heavy atom. The Morgan fingerprint density at radius 2 is 1.84 bits per heavy atom. The molecule has 3 rings (SSSR count). The van der Waals surface area contributed by atoms with Gasteiger partial charge in [-0.15, -0.1) is 0 Å². The third-order valence-corrected chi connectivity index (χ3v) is 4.80. The van der Waals surface area contributed by atoms with Gasteiger partial charge in [-0.2, -0.15) is 4.37 Å². The maximum Gasteiger partial charge on any atom is 0.317 e. The molecule has 0 radical (unpaired) electrons. The van der Waals surface area contributed by atoms with E-state index in [1.165, 1.54) is 17.1 Å². The minimum absolute atomic E-state index is 0.00850. The van der Waals surface area contributed by atoms with Crippen LogP contribution in [-0.4, -0.2) is 52.0 Å². The summed E-state index contributed by atoms with van der Waals surface area (Å²) in [5, 5.41) is 3.96. The quantitative estimate of drug-likeness (QED) is 0.915. The number of nitrogens with one attached hydrogen (secondary N) is 1. The van der Waals surface area contributed by atoms with Gasteiger partial charge in [0.25, 0.3) is 0 Å². The van der Waals surface area contributed by atoms with Gasteiger partial charge in [-0.1, -0.05) is 30.3 Å². The molecule has 134 valence electrons. The Balaban J connectivity index is 1.54. The van der Waals surface area contributed by atoms with Crippen LogP contribution in [0.4, 0.5) is 9.93 Å². The fraction of sp³-hybridized carbons (Fsp3) is 0.500. The number of nitrogens with zero attached hydrogens (tertiary/aromatic N) is 4. The first kappa shape index (κ1) is 17.7. The number of aromatic nitrogens is 2. The zero-order chi connectivity index (χ0) is 17.9. The predicted molar refractivity (Wildman–Crippen MR) is 101 cm³/mol. The second-order valence-corrected chi connectivity index (χ2v) is 8.04.